The zero-order valence-corrected chi connectivity index (χ0v) is 19.8. The Kier molecular flexibility index (Phi) is 7.55. The maximum atomic E-state index is 15.9. The highest BCUT2D eigenvalue weighted by atomic mass is 19.1. The number of carbonyl (C=O) groups is 5. The molecule has 1 aliphatic carbocycles. The topological polar surface area (TPSA) is 138 Å². The van der Waals surface area contributed by atoms with Gasteiger partial charge in [-0.25, -0.2) is 23.6 Å². The van der Waals surface area contributed by atoms with Crippen molar-refractivity contribution in [2.45, 2.75) is 83.3 Å². The van der Waals surface area contributed by atoms with E-state index in [1.807, 2.05) is 0 Å². The summed E-state index contributed by atoms with van der Waals surface area (Å²) < 4.78 is 35.3. The molecule has 0 aromatic rings. The first-order valence-electron chi connectivity index (χ1n) is 9.78. The van der Waals surface area contributed by atoms with E-state index in [4.69, 9.17) is 9.47 Å². The van der Waals surface area contributed by atoms with E-state index >= 15 is 4.39 Å². The molecular weight excluding hydrogens is 431 g/mol. The number of imide groups is 1. The predicted molar refractivity (Wildman–Crippen MR) is 107 cm³/mol. The van der Waals surface area contributed by atoms with E-state index in [0.29, 0.717) is 0 Å². The van der Waals surface area contributed by atoms with Gasteiger partial charge in [-0.3, -0.25) is 4.79 Å². The van der Waals surface area contributed by atoms with Crippen molar-refractivity contribution in [3.63, 3.8) is 0 Å². The Bertz CT molecular complexity index is 774. The third kappa shape index (κ3) is 5.46. The van der Waals surface area contributed by atoms with Gasteiger partial charge in [0.1, 0.15) is 17.2 Å². The number of ether oxygens (including phenoxy) is 4. The second-order valence-electron chi connectivity index (χ2n) is 9.34. The standard InChI is InChI=1S/C20H31FN2O9/c1-11(12(24)29-8)22-13(25)19(21)10-20(19,14(26)30-9)23(15(27)31-17(2,3)4)16(28)32-18(5,6)7/h11H,10H2,1-9H3,(H,22,25)/t11-,19+,20?/m0/s1. The van der Waals surface area contributed by atoms with Gasteiger partial charge in [-0.1, -0.05) is 0 Å². The highest BCUT2D eigenvalue weighted by molar-refractivity contribution is 6.09. The van der Waals surface area contributed by atoms with Gasteiger partial charge in [0.2, 0.25) is 11.2 Å². The summed E-state index contributed by atoms with van der Waals surface area (Å²) >= 11 is 0. The number of hydrogen-bond acceptors (Lipinski definition) is 9. The van der Waals surface area contributed by atoms with Crippen LogP contribution in [0, 0.1) is 0 Å². The smallest absolute Gasteiger partial charge is 0.421 e. The van der Waals surface area contributed by atoms with Crippen LogP contribution in [0.5, 0.6) is 0 Å². The van der Waals surface area contributed by atoms with Crippen molar-refractivity contribution in [3.8, 4) is 0 Å². The Morgan fingerprint density at radius 2 is 1.34 bits per heavy atom. The van der Waals surface area contributed by atoms with Crippen molar-refractivity contribution >= 4 is 30.0 Å². The molecule has 0 saturated heterocycles. The minimum atomic E-state index is -3.11. The Balaban J connectivity index is 3.50. The van der Waals surface area contributed by atoms with Gasteiger partial charge in [-0.15, -0.1) is 0 Å². The van der Waals surface area contributed by atoms with Gasteiger partial charge in [0.05, 0.1) is 14.2 Å². The minimum absolute atomic E-state index is 0.123. The number of nitrogens with zero attached hydrogens (tertiary/aromatic N) is 1. The second kappa shape index (κ2) is 8.91. The highest BCUT2D eigenvalue weighted by Gasteiger charge is 2.85. The van der Waals surface area contributed by atoms with Crippen LogP contribution in [-0.4, -0.2) is 77.6 Å². The SMILES string of the molecule is COC(=O)[C@H](C)NC(=O)[C@]1(F)CC1(C(=O)OC)N(C(=O)OC(C)(C)C)C(=O)OC(C)(C)C. The Morgan fingerprint density at radius 3 is 1.69 bits per heavy atom. The maximum absolute atomic E-state index is 15.9. The van der Waals surface area contributed by atoms with Crippen molar-refractivity contribution in [2.24, 2.45) is 0 Å². The van der Waals surface area contributed by atoms with E-state index in [2.05, 4.69) is 14.8 Å². The molecule has 0 aromatic carbocycles. The van der Waals surface area contributed by atoms with Crippen LogP contribution in [0.25, 0.3) is 0 Å². The molecule has 0 spiro atoms. The van der Waals surface area contributed by atoms with Crippen molar-refractivity contribution < 1.29 is 47.3 Å². The molecule has 182 valence electrons. The normalized spacial score (nSPS) is 23.3. The van der Waals surface area contributed by atoms with Gasteiger partial charge >= 0.3 is 24.1 Å². The number of esters is 2. The monoisotopic (exact) mass is 462 g/mol. The lowest BCUT2D eigenvalue weighted by molar-refractivity contribution is -0.153. The summed E-state index contributed by atoms with van der Waals surface area (Å²) in [5, 5.41) is 2.07. The first-order chi connectivity index (χ1) is 14.4. The van der Waals surface area contributed by atoms with Crippen LogP contribution in [-0.2, 0) is 33.3 Å². The molecule has 12 heteroatoms. The first kappa shape index (κ1) is 27.1. The quantitative estimate of drug-likeness (QED) is 0.479. The lowest BCUT2D eigenvalue weighted by Gasteiger charge is -2.33. The van der Waals surface area contributed by atoms with Crippen LogP contribution in [0.3, 0.4) is 0 Å². The lowest BCUT2D eigenvalue weighted by Crippen LogP contribution is -2.60. The molecule has 1 N–H and O–H groups in total. The largest absolute Gasteiger partial charge is 0.467 e. The number of halogens is 1. The zero-order valence-electron chi connectivity index (χ0n) is 19.8. The molecule has 1 unspecified atom stereocenters. The molecular formula is C20H31FN2O9. The van der Waals surface area contributed by atoms with E-state index in [1.54, 1.807) is 0 Å². The van der Waals surface area contributed by atoms with Crippen molar-refractivity contribution in [1.29, 1.82) is 0 Å². The summed E-state index contributed by atoms with van der Waals surface area (Å²) in [6.45, 7) is 10.2. The molecule has 0 bridgehead atoms. The third-order valence-corrected chi connectivity index (χ3v) is 4.35. The third-order valence-electron chi connectivity index (χ3n) is 4.35. The Hall–Kier alpha value is -2.92. The summed E-state index contributed by atoms with van der Waals surface area (Å²) in [5.41, 5.74) is -8.09. The van der Waals surface area contributed by atoms with Crippen LogP contribution >= 0.6 is 0 Å². The van der Waals surface area contributed by atoms with Gasteiger partial charge in [0, 0.05) is 6.42 Å². The van der Waals surface area contributed by atoms with Gasteiger partial charge in [0.25, 0.3) is 5.91 Å². The predicted octanol–water partition coefficient (Wildman–Crippen LogP) is 1.86. The number of carbonyl (C=O) groups excluding carboxylic acids is 5. The number of methoxy groups -OCH3 is 2. The fourth-order valence-corrected chi connectivity index (χ4v) is 2.87. The molecule has 0 heterocycles. The molecule has 3 amide bonds. The van der Waals surface area contributed by atoms with Gasteiger partial charge in [0.15, 0.2) is 0 Å². The minimum Gasteiger partial charge on any atom is -0.467 e. The molecule has 3 atom stereocenters. The number of nitrogens with one attached hydrogen (secondary N) is 1. The van der Waals surface area contributed by atoms with E-state index in [0.717, 1.165) is 14.2 Å². The van der Waals surface area contributed by atoms with Crippen LogP contribution in [0.15, 0.2) is 0 Å². The Labute approximate surface area is 185 Å². The molecule has 0 radical (unpaired) electrons. The van der Waals surface area contributed by atoms with Gasteiger partial charge in [-0.2, -0.15) is 4.90 Å². The molecule has 0 aliphatic heterocycles. The molecule has 1 saturated carbocycles. The van der Waals surface area contributed by atoms with E-state index in [1.165, 1.54) is 48.5 Å². The molecule has 1 aliphatic rings. The molecule has 11 nitrogen and oxygen atoms in total. The number of alkyl halides is 1. The summed E-state index contributed by atoms with van der Waals surface area (Å²) in [7, 11) is 1.97. The Morgan fingerprint density at radius 1 is 0.906 bits per heavy atom. The van der Waals surface area contributed by atoms with E-state index in [-0.39, 0.29) is 4.90 Å². The zero-order chi connectivity index (χ0) is 25.3. The first-order valence-corrected chi connectivity index (χ1v) is 9.78. The summed E-state index contributed by atoms with van der Waals surface area (Å²) in [6, 6.07) is -1.27. The van der Waals surface area contributed by atoms with Crippen LogP contribution in [0.4, 0.5) is 14.0 Å². The van der Waals surface area contributed by atoms with Crippen molar-refractivity contribution in [3.05, 3.63) is 0 Å². The van der Waals surface area contributed by atoms with Gasteiger partial charge < -0.3 is 24.3 Å². The summed E-state index contributed by atoms with van der Waals surface area (Å²) in [4.78, 5) is 62.9. The van der Waals surface area contributed by atoms with Crippen LogP contribution in [0.1, 0.15) is 54.9 Å². The number of hydrogen-bond donors (Lipinski definition) is 1. The molecule has 1 rings (SSSR count). The fraction of sp³-hybridized carbons (Fsp3) is 0.750. The van der Waals surface area contributed by atoms with Crippen LogP contribution in [0.2, 0.25) is 0 Å². The van der Waals surface area contributed by atoms with Gasteiger partial charge in [-0.05, 0) is 48.5 Å². The maximum Gasteiger partial charge on any atom is 0.421 e. The highest BCUT2D eigenvalue weighted by Crippen LogP contribution is 2.57. The van der Waals surface area contributed by atoms with E-state index < -0.39 is 64.9 Å². The molecule has 32 heavy (non-hydrogen) atoms. The fourth-order valence-electron chi connectivity index (χ4n) is 2.87. The summed E-state index contributed by atoms with van der Waals surface area (Å²) in [6.07, 6.45) is -3.75. The summed E-state index contributed by atoms with van der Waals surface area (Å²) in [5.74, 6) is -3.67. The van der Waals surface area contributed by atoms with Crippen molar-refractivity contribution in [1.82, 2.24) is 10.2 Å². The van der Waals surface area contributed by atoms with Crippen molar-refractivity contribution in [2.75, 3.05) is 14.2 Å². The average Bonchev–Trinajstić information content (AvgIpc) is 3.24. The lowest BCUT2D eigenvalue weighted by atomic mass is 10.1. The molecule has 0 aromatic heterocycles. The number of rotatable bonds is 5. The second-order valence-corrected chi connectivity index (χ2v) is 9.34. The number of amides is 3. The average molecular weight is 462 g/mol. The van der Waals surface area contributed by atoms with Crippen LogP contribution < -0.4 is 5.32 Å². The molecule has 1 fully saturated rings. The van der Waals surface area contributed by atoms with E-state index in [9.17, 15) is 24.0 Å².